The zero-order valence-electron chi connectivity index (χ0n) is 10.3. The molecular weight excluding hydrogens is 474 g/mol. The van der Waals surface area contributed by atoms with Gasteiger partial charge in [-0.15, -0.1) is 0 Å². The van der Waals surface area contributed by atoms with Crippen molar-refractivity contribution in [1.29, 1.82) is 0 Å². The van der Waals surface area contributed by atoms with Crippen molar-refractivity contribution in [3.05, 3.63) is 65.6 Å². The predicted octanol–water partition coefficient (Wildman–Crippen LogP) is 5.11. The Bertz CT molecular complexity index is 622. The molecule has 3 N–H and O–H groups in total. The van der Waals surface area contributed by atoms with E-state index < -0.39 is 0 Å². The first kappa shape index (κ1) is 16.5. The van der Waals surface area contributed by atoms with E-state index in [0.29, 0.717) is 16.5 Å². The lowest BCUT2D eigenvalue weighted by Gasteiger charge is -2.19. The highest BCUT2D eigenvalue weighted by Crippen LogP contribution is 2.30. The molecule has 0 amide bonds. The average Bonchev–Trinajstić information content (AvgIpc) is 2.42. The highest BCUT2D eigenvalue weighted by Gasteiger charge is 2.16. The van der Waals surface area contributed by atoms with Crippen molar-refractivity contribution >= 4 is 61.7 Å². The molecule has 0 radical (unpaired) electrons. The number of rotatable bonds is 4. The third-order valence-electron chi connectivity index (χ3n) is 2.97. The molecule has 2 nitrogen and oxygen atoms in total. The van der Waals surface area contributed by atoms with Crippen LogP contribution in [0.4, 0.5) is 0 Å². The number of halogens is 4. The zero-order valence-corrected chi connectivity index (χ0v) is 15.6. The molecule has 0 spiro atoms. The fraction of sp³-hybridized carbons (Fsp3) is 0.143. The minimum absolute atomic E-state index is 0.0462. The summed E-state index contributed by atoms with van der Waals surface area (Å²) in [5.41, 5.74) is 4.91. The van der Waals surface area contributed by atoms with E-state index in [0.717, 1.165) is 19.2 Å². The molecule has 6 heteroatoms. The molecule has 0 bridgehead atoms. The van der Waals surface area contributed by atoms with E-state index >= 15 is 0 Å². The van der Waals surface area contributed by atoms with E-state index in [9.17, 15) is 0 Å². The minimum atomic E-state index is -0.0462. The van der Waals surface area contributed by atoms with Crippen molar-refractivity contribution in [1.82, 2.24) is 5.43 Å². The summed E-state index contributed by atoms with van der Waals surface area (Å²) in [5.74, 6) is 5.71. The van der Waals surface area contributed by atoms with Gasteiger partial charge in [0, 0.05) is 18.1 Å². The number of hydrogen-bond acceptors (Lipinski definition) is 2. The Kier molecular flexibility index (Phi) is 6.13. The number of benzene rings is 2. The fourth-order valence-corrected chi connectivity index (χ4v) is 3.39. The fourth-order valence-electron chi connectivity index (χ4n) is 1.96. The first-order chi connectivity index (χ1) is 9.51. The first-order valence-electron chi connectivity index (χ1n) is 5.86. The normalized spacial score (nSPS) is 12.4. The topological polar surface area (TPSA) is 38.0 Å². The molecule has 0 aromatic heterocycles. The molecule has 106 valence electrons. The molecule has 2 rings (SSSR count). The van der Waals surface area contributed by atoms with Gasteiger partial charge in [-0.2, -0.15) is 0 Å². The molecule has 0 saturated heterocycles. The molecule has 0 heterocycles. The van der Waals surface area contributed by atoms with Crippen LogP contribution in [0.5, 0.6) is 0 Å². The summed E-state index contributed by atoms with van der Waals surface area (Å²) in [7, 11) is 0. The monoisotopic (exact) mass is 484 g/mol. The van der Waals surface area contributed by atoms with Gasteiger partial charge in [-0.1, -0.05) is 39.1 Å². The van der Waals surface area contributed by atoms with Gasteiger partial charge in [0.1, 0.15) is 0 Å². The summed E-state index contributed by atoms with van der Waals surface area (Å²) < 4.78 is 2.16. The lowest BCUT2D eigenvalue weighted by atomic mass is 9.99. The molecule has 0 saturated carbocycles. The second-order valence-corrected chi connectivity index (χ2v) is 7.27. The van der Waals surface area contributed by atoms with Gasteiger partial charge in [0.25, 0.3) is 0 Å². The third-order valence-corrected chi connectivity index (χ3v) is 4.96. The van der Waals surface area contributed by atoms with Crippen molar-refractivity contribution in [2.24, 2.45) is 5.84 Å². The number of hydrazine groups is 1. The molecule has 2 aromatic carbocycles. The van der Waals surface area contributed by atoms with Crippen LogP contribution >= 0.6 is 61.7 Å². The standard InChI is InChI=1S/C14H12BrCl2IN2/c15-12-3-2-10(18)7-11(12)14(20-19)6-8-5-9(16)1-4-13(8)17/h1-5,7,14,20H,6,19H2. The first-order valence-corrected chi connectivity index (χ1v) is 8.49. The predicted molar refractivity (Wildman–Crippen MR) is 97.1 cm³/mol. The van der Waals surface area contributed by atoms with Gasteiger partial charge in [0.15, 0.2) is 0 Å². The largest absolute Gasteiger partial charge is 0.271 e. The number of hydrogen-bond donors (Lipinski definition) is 2. The van der Waals surface area contributed by atoms with Crippen molar-refractivity contribution in [2.45, 2.75) is 12.5 Å². The van der Waals surface area contributed by atoms with Gasteiger partial charge >= 0.3 is 0 Å². The quantitative estimate of drug-likeness (QED) is 0.359. The second kappa shape index (κ2) is 7.42. The molecular formula is C14H12BrCl2IN2. The van der Waals surface area contributed by atoms with Crippen LogP contribution in [0, 0.1) is 3.57 Å². The summed E-state index contributed by atoms with van der Waals surface area (Å²) in [5, 5.41) is 1.36. The number of nitrogens with two attached hydrogens (primary N) is 1. The summed E-state index contributed by atoms with van der Waals surface area (Å²) in [6, 6.07) is 11.5. The minimum Gasteiger partial charge on any atom is -0.271 e. The third kappa shape index (κ3) is 4.08. The van der Waals surface area contributed by atoms with Crippen LogP contribution in [0.15, 0.2) is 40.9 Å². The van der Waals surface area contributed by atoms with E-state index in [1.165, 1.54) is 0 Å². The van der Waals surface area contributed by atoms with E-state index in [-0.39, 0.29) is 6.04 Å². The van der Waals surface area contributed by atoms with Gasteiger partial charge in [0.05, 0.1) is 6.04 Å². The van der Waals surface area contributed by atoms with E-state index in [1.54, 1.807) is 12.1 Å². The maximum atomic E-state index is 6.22. The van der Waals surface area contributed by atoms with E-state index in [1.807, 2.05) is 18.2 Å². The molecule has 0 aliphatic rings. The summed E-state index contributed by atoms with van der Waals surface area (Å²) in [6.45, 7) is 0. The maximum absolute atomic E-state index is 6.22. The molecule has 1 unspecified atom stereocenters. The van der Waals surface area contributed by atoms with Crippen LogP contribution in [0.2, 0.25) is 10.0 Å². The van der Waals surface area contributed by atoms with Crippen molar-refractivity contribution in [3.8, 4) is 0 Å². The van der Waals surface area contributed by atoms with Gasteiger partial charge < -0.3 is 0 Å². The van der Waals surface area contributed by atoms with Gasteiger partial charge in [-0.3, -0.25) is 11.3 Å². The highest BCUT2D eigenvalue weighted by atomic mass is 127. The van der Waals surface area contributed by atoms with Crippen LogP contribution in [-0.4, -0.2) is 0 Å². The van der Waals surface area contributed by atoms with Gasteiger partial charge in [0.2, 0.25) is 0 Å². The highest BCUT2D eigenvalue weighted by molar-refractivity contribution is 14.1. The zero-order chi connectivity index (χ0) is 14.7. The van der Waals surface area contributed by atoms with Crippen molar-refractivity contribution in [2.75, 3.05) is 0 Å². The van der Waals surface area contributed by atoms with E-state index in [4.69, 9.17) is 29.0 Å². The Morgan fingerprint density at radius 1 is 1.20 bits per heavy atom. The Labute approximate surface area is 150 Å². The molecule has 2 aromatic rings. The molecule has 0 aliphatic heterocycles. The van der Waals surface area contributed by atoms with Gasteiger partial charge in [-0.25, -0.2) is 0 Å². The lowest BCUT2D eigenvalue weighted by molar-refractivity contribution is 0.550. The van der Waals surface area contributed by atoms with Crippen LogP contribution in [0.25, 0.3) is 0 Å². The summed E-state index contributed by atoms with van der Waals surface area (Å²) in [6.07, 6.45) is 0.661. The Morgan fingerprint density at radius 3 is 2.65 bits per heavy atom. The SMILES string of the molecule is NNC(Cc1cc(Cl)ccc1Cl)c1cc(I)ccc1Br. The van der Waals surface area contributed by atoms with Crippen LogP contribution in [-0.2, 0) is 6.42 Å². The molecule has 0 fully saturated rings. The Morgan fingerprint density at radius 2 is 1.95 bits per heavy atom. The van der Waals surface area contributed by atoms with Crippen molar-refractivity contribution < 1.29 is 0 Å². The van der Waals surface area contributed by atoms with Crippen LogP contribution in [0.1, 0.15) is 17.2 Å². The Balaban J connectivity index is 2.33. The van der Waals surface area contributed by atoms with E-state index in [2.05, 4.69) is 50.0 Å². The van der Waals surface area contributed by atoms with Crippen molar-refractivity contribution in [3.63, 3.8) is 0 Å². The van der Waals surface area contributed by atoms with Crippen LogP contribution in [0.3, 0.4) is 0 Å². The second-order valence-electron chi connectivity index (χ2n) is 4.32. The molecule has 1 atom stereocenters. The molecule has 0 aliphatic carbocycles. The summed E-state index contributed by atoms with van der Waals surface area (Å²) >= 11 is 18.1. The average molecular weight is 486 g/mol. The maximum Gasteiger partial charge on any atom is 0.0512 e. The Hall–Kier alpha value is 0.150. The number of nitrogens with one attached hydrogen (secondary N) is 1. The summed E-state index contributed by atoms with van der Waals surface area (Å²) in [4.78, 5) is 0. The van der Waals surface area contributed by atoms with Crippen LogP contribution < -0.4 is 11.3 Å². The van der Waals surface area contributed by atoms with Gasteiger partial charge in [-0.05, 0) is 76.5 Å². The smallest absolute Gasteiger partial charge is 0.0512 e. The molecule has 20 heavy (non-hydrogen) atoms. The lowest BCUT2D eigenvalue weighted by Crippen LogP contribution is -2.30.